The molecule has 6 rings (SSSR count). The van der Waals surface area contributed by atoms with Crippen molar-refractivity contribution in [2.24, 2.45) is 0 Å². The van der Waals surface area contributed by atoms with E-state index in [2.05, 4.69) is 20.5 Å². The average Bonchev–Trinajstić information content (AvgIpc) is 0.778. The molecular weight excluding hydrogens is 1650 g/mol. The van der Waals surface area contributed by atoms with Crippen LogP contribution in [0.5, 0.6) is 0 Å². The first-order valence-corrected chi connectivity index (χ1v) is 37.4. The summed E-state index contributed by atoms with van der Waals surface area (Å²) in [5.41, 5.74) is 0. The Kier molecular flexibility index (Phi) is 56.6. The van der Waals surface area contributed by atoms with Crippen LogP contribution in [0, 0.1) is 0 Å². The van der Waals surface area contributed by atoms with Gasteiger partial charge < -0.3 is 113 Å². The van der Waals surface area contributed by atoms with Crippen LogP contribution in [0.15, 0.2) is 0 Å². The molecule has 0 spiro atoms. The number of hydrogen-bond acceptors (Lipinski definition) is 46. The van der Waals surface area contributed by atoms with Crippen LogP contribution >= 0.6 is 12.3 Å². The Morgan fingerprint density at radius 1 is 0.327 bits per heavy atom. The molecular formula is C45H73Na7O45S7. The minimum Gasteiger partial charge on any atom is -0.726 e. The molecule has 24 atom stereocenters. The normalized spacial score (nSPS) is 34.4. The summed E-state index contributed by atoms with van der Waals surface area (Å²) in [4.78, 5) is 0. The molecule has 5 aliphatic heterocycles. The Morgan fingerprint density at radius 3 is 0.846 bits per heavy atom. The van der Waals surface area contributed by atoms with Crippen molar-refractivity contribution in [3.05, 3.63) is 0 Å². The van der Waals surface area contributed by atoms with E-state index < -0.39 is 243 Å². The van der Waals surface area contributed by atoms with Crippen molar-refractivity contribution < 1.29 is 409 Å². The summed E-state index contributed by atoms with van der Waals surface area (Å²) in [6.45, 7) is -1.79. The van der Waals surface area contributed by atoms with Crippen LogP contribution in [-0.4, -0.2) is 308 Å². The van der Waals surface area contributed by atoms with Crippen LogP contribution in [-0.2, 0) is 182 Å². The van der Waals surface area contributed by atoms with Gasteiger partial charge in [0.15, 0.2) is 74.3 Å². The van der Waals surface area contributed by atoms with Gasteiger partial charge in [-0.05, 0) is 19.3 Å². The minimum absolute atomic E-state index is 0. The fourth-order valence-corrected chi connectivity index (χ4v) is 14.7. The molecule has 1 aliphatic carbocycles. The molecule has 0 radical (unpaired) electrons. The van der Waals surface area contributed by atoms with Gasteiger partial charge in [-0.2, -0.15) is 0 Å². The fraction of sp³-hybridized carbons (Fsp3) is 1.00. The van der Waals surface area contributed by atoms with Gasteiger partial charge in [0, 0.05) is 49.3 Å². The van der Waals surface area contributed by atoms with Crippen molar-refractivity contribution in [3.8, 4) is 0 Å². The summed E-state index contributed by atoms with van der Waals surface area (Å²) in [7, 11) is -28.7. The maximum Gasteiger partial charge on any atom is 1.00 e. The van der Waals surface area contributed by atoms with Crippen LogP contribution in [0.25, 0.3) is 0 Å². The summed E-state index contributed by atoms with van der Waals surface area (Å²) in [6, 6.07) is 0. The third kappa shape index (κ3) is 36.4. The molecule has 59 heteroatoms. The fourth-order valence-electron chi connectivity index (χ4n) is 11.5. The minimum atomic E-state index is -5.89. The van der Waals surface area contributed by atoms with Gasteiger partial charge in [-0.15, -0.1) is 4.33 Å². The van der Waals surface area contributed by atoms with E-state index in [-0.39, 0.29) is 239 Å². The Morgan fingerprint density at radius 2 is 0.567 bits per heavy atom. The van der Waals surface area contributed by atoms with E-state index in [4.69, 9.17) is 106 Å². The van der Waals surface area contributed by atoms with E-state index in [0.29, 0.717) is 6.42 Å². The molecule has 6 aliphatic rings. The van der Waals surface area contributed by atoms with Crippen LogP contribution in [0.4, 0.5) is 0 Å². The van der Waals surface area contributed by atoms with Gasteiger partial charge in [-0.1, -0.05) is 39.0 Å². The zero-order chi connectivity index (χ0) is 71.8. The summed E-state index contributed by atoms with van der Waals surface area (Å²) < 4.78 is 355. The maximum atomic E-state index is 12.4. The summed E-state index contributed by atoms with van der Waals surface area (Å²) in [5, 5.41) is 13.5. The average molecular weight is 1720 g/mol. The van der Waals surface area contributed by atoms with E-state index in [1.54, 1.807) is 0 Å². The molecule has 0 N–H and O–H groups in total. The third-order valence-electron chi connectivity index (χ3n) is 15.3. The number of rotatable bonds is 40. The molecule has 5 heterocycles. The van der Waals surface area contributed by atoms with Gasteiger partial charge in [0.2, 0.25) is 62.4 Å². The first-order valence-electron chi connectivity index (χ1n) is 28.7. The molecule has 6 unspecified atom stereocenters. The number of unbranched alkanes of at least 4 members (excludes halogenated alkanes) is 5. The molecule has 0 amide bonds. The quantitative estimate of drug-likeness (QED) is 0.0105. The number of hydrogen-bond donors (Lipinski definition) is 0. The monoisotopic (exact) mass is 1720 g/mol. The first kappa shape index (κ1) is 112. The SMILES string of the molecule is CCCCCCCCO[C@@H]1CC[C@H](O[C@@H]2OC[C@H](O[C@@H]3OC[C@H](O[C@@H]4OC[C@H](O[C@@H]5OC[C@H](O[C@@H]6OC[C@H](OSOO[O-])[C@H](OC)C6OS(=O)(=O)[O-])[C@H](OC)C5OS(=O)(=O)[O-])[C@H](OC)C4OS(=O)(=O)[O-])[C@H](OC)C3OS(=O)(=O)[O-])[C@H](OC)C2OS(=O)(=O)[O-])[C@H](OC)C1OS(=O)(=O)[O-].[Na+].[Na+].[Na+].[Na+].[Na+].[Na+].[Na+]. The topological polar surface area (TPSA) is 606 Å². The van der Waals surface area contributed by atoms with Gasteiger partial charge in [-0.25, -0.2) is 50.5 Å². The van der Waals surface area contributed by atoms with Crippen molar-refractivity contribution in [1.82, 2.24) is 0 Å². The van der Waals surface area contributed by atoms with E-state index in [1.807, 2.05) is 0 Å². The second-order valence-electron chi connectivity index (χ2n) is 21.5. The number of methoxy groups -OCH3 is 6. The van der Waals surface area contributed by atoms with Crippen LogP contribution in [0.2, 0.25) is 0 Å². The second kappa shape index (κ2) is 52.7. The van der Waals surface area contributed by atoms with Crippen molar-refractivity contribution >= 4 is 74.7 Å². The first-order chi connectivity index (χ1) is 45.5. The molecule has 5 saturated heterocycles. The molecule has 0 bridgehead atoms. The van der Waals surface area contributed by atoms with Gasteiger partial charge in [-0.3, -0.25) is 34.3 Å². The second-order valence-corrected chi connectivity index (χ2v) is 28.0. The Labute approximate surface area is 761 Å². The van der Waals surface area contributed by atoms with Gasteiger partial charge in [0.25, 0.3) is 0 Å². The van der Waals surface area contributed by atoms with Crippen molar-refractivity contribution in [1.29, 1.82) is 0 Å². The Bertz CT molecular complexity index is 3120. The zero-order valence-corrected chi connectivity index (χ0v) is 78.7. The van der Waals surface area contributed by atoms with Crippen molar-refractivity contribution in [2.45, 2.75) is 206 Å². The van der Waals surface area contributed by atoms with Crippen LogP contribution in [0.3, 0.4) is 0 Å². The molecule has 572 valence electrons. The van der Waals surface area contributed by atoms with Crippen molar-refractivity contribution in [3.63, 3.8) is 0 Å². The van der Waals surface area contributed by atoms with E-state index >= 15 is 0 Å². The predicted molar refractivity (Wildman–Crippen MR) is 292 cm³/mol. The van der Waals surface area contributed by atoms with Gasteiger partial charge >= 0.3 is 207 Å². The third-order valence-corrected chi connectivity index (χ3v) is 18.5. The van der Waals surface area contributed by atoms with Crippen LogP contribution < -0.4 is 212 Å². The van der Waals surface area contributed by atoms with Gasteiger partial charge in [0.05, 0.1) is 45.2 Å². The van der Waals surface area contributed by atoms with Crippen LogP contribution in [0.1, 0.15) is 58.3 Å². The van der Waals surface area contributed by atoms with Crippen molar-refractivity contribution in [2.75, 3.05) is 82.3 Å². The molecule has 0 aromatic rings. The standard InChI is InChI=1S/C45H80O45S7.7Na/c1-8-9-10-11-12-13-16-71-22-14-15-23(29(65-2)35(22)83-92(47,48)49)77-41-36(84-93(50,51)52)30(66-3)24(17-72-41)78-42-37(85-94(53,54)55)31(67-4)25(18-73-42)79-43-38(86-95(56,57)58)32(68-5)26(19-74-43)80-44-39(87-96(59,60)61)33(69-6)27(20-75-44)81-45-40(88-97(62,63)64)34(70-7)28(21-76-45)82-91-90-89-46;;;;;;;/h22-46H,8-21H2,1-7H3,(H,47,48,49)(H,50,51,52)(H,53,54,55)(H,56,57,58)(H,59,60,61)(H,62,63,64);;;;;;;/q;7*+1/p-7/t22-,23+,24+,25+,26+,27+,28+,29+,30+,31+,32+,33+,34+,35?,36?,37?,38?,39?,40?,41+,42+,43+,44+,45+;;;;;;;/m1......./s1. The Balaban J connectivity index is 0. The summed E-state index contributed by atoms with van der Waals surface area (Å²) in [5.74, 6) is 0. The molecule has 104 heavy (non-hydrogen) atoms. The van der Waals surface area contributed by atoms with Gasteiger partial charge in [0.1, 0.15) is 73.2 Å². The van der Waals surface area contributed by atoms with E-state index in [1.165, 1.54) is 0 Å². The smallest absolute Gasteiger partial charge is 0.726 e. The summed E-state index contributed by atoms with van der Waals surface area (Å²) in [6.07, 6.45) is -39.7. The molecule has 0 aromatic carbocycles. The van der Waals surface area contributed by atoms with E-state index in [0.717, 1.165) is 74.8 Å². The predicted octanol–water partition coefficient (Wildman–Crippen LogP) is -26.4. The molecule has 45 nitrogen and oxygen atoms in total. The zero-order valence-electron chi connectivity index (χ0n) is 59.0. The molecule has 1 saturated carbocycles. The summed E-state index contributed by atoms with van der Waals surface area (Å²) >= 11 is -0.0635. The largest absolute Gasteiger partial charge is 1.00 e. The Hall–Kier alpha value is 5.73. The number of ether oxygens (including phenoxy) is 17. The molecule has 6 fully saturated rings. The molecule has 0 aromatic heterocycles. The maximum absolute atomic E-state index is 12.4. The van der Waals surface area contributed by atoms with E-state index in [9.17, 15) is 83.1 Å².